The minimum Gasteiger partial charge on any atom is -0.508 e. The van der Waals surface area contributed by atoms with Gasteiger partial charge in [-0.1, -0.05) is 77.4 Å². The predicted molar refractivity (Wildman–Crippen MR) is 164 cm³/mol. The molecule has 0 aromatic heterocycles. The lowest BCUT2D eigenvalue weighted by molar-refractivity contribution is -0.786. The molecule has 1 heterocycles. The zero-order valence-corrected chi connectivity index (χ0v) is 23.5. The van der Waals surface area contributed by atoms with Gasteiger partial charge in [-0.15, -0.1) is 16.4 Å². The van der Waals surface area contributed by atoms with E-state index in [1.807, 2.05) is 19.1 Å². The summed E-state index contributed by atoms with van der Waals surface area (Å²) in [5.41, 5.74) is 6.38. The van der Waals surface area contributed by atoms with Crippen molar-refractivity contribution >= 4 is 45.3 Å². The summed E-state index contributed by atoms with van der Waals surface area (Å²) in [6.07, 6.45) is -1.31. The first-order valence-corrected chi connectivity index (χ1v) is 13.5. The summed E-state index contributed by atoms with van der Waals surface area (Å²) in [7, 11) is 4.19. The highest BCUT2D eigenvalue weighted by Crippen LogP contribution is 2.44. The van der Waals surface area contributed by atoms with Crippen LogP contribution in [-0.4, -0.2) is 46.1 Å². The van der Waals surface area contributed by atoms with E-state index in [0.29, 0.717) is 17.4 Å². The van der Waals surface area contributed by atoms with Gasteiger partial charge in [-0.2, -0.15) is 0 Å². The number of aryl methyl sites for hydroxylation is 1. The van der Waals surface area contributed by atoms with Crippen LogP contribution in [0.2, 0.25) is 0 Å². The van der Waals surface area contributed by atoms with Crippen molar-refractivity contribution in [2.24, 2.45) is 0 Å². The Morgan fingerprint density at radius 3 is 1.38 bits per heavy atom. The summed E-state index contributed by atoms with van der Waals surface area (Å²) in [5.74, 6) is 0. The average molecular weight is 564 g/mol. The van der Waals surface area contributed by atoms with E-state index in [0.717, 1.165) is 38.7 Å². The monoisotopic (exact) mass is 564 g/mol. The molecule has 0 bridgehead atoms. The van der Waals surface area contributed by atoms with Crippen LogP contribution in [0.25, 0.3) is 11.0 Å². The summed E-state index contributed by atoms with van der Waals surface area (Å²) < 4.78 is 0.442. The number of hydrogen-bond acceptors (Lipinski definition) is 6. The van der Waals surface area contributed by atoms with E-state index in [4.69, 9.17) is 0 Å². The number of hydrogen-bond donors (Lipinski definition) is 0. The van der Waals surface area contributed by atoms with Gasteiger partial charge in [0.2, 0.25) is 0 Å². The Balaban J connectivity index is 1.94. The first-order chi connectivity index (χ1) is 20.0. The highest BCUT2D eigenvalue weighted by atomic mass is 16.6. The molecule has 0 unspecified atom stereocenters. The molecule has 0 aliphatic carbocycles. The smallest absolute Gasteiger partial charge is 0.291 e. The topological polar surface area (TPSA) is 129 Å². The number of nitrogens with zero attached hydrogens (tertiary/aromatic N) is 4. The predicted octanol–water partition coefficient (Wildman–Crippen LogP) is 5.41. The Hall–Kier alpha value is -5.16. The van der Waals surface area contributed by atoms with Gasteiger partial charge in [0.25, 0.3) is 23.3 Å². The SMILES string of the molecule is Cc1ccc(C2=C(c3ccc([N+](=O)[O-])cc3)[B-](c3ccc([N+](=O)[O-])cc3)(c3ccc([N+](=O)[O-])cc3)[N+](C)(C)CC2)cc1. The van der Waals surface area contributed by atoms with Gasteiger partial charge in [-0.05, 0) is 12.5 Å². The highest BCUT2D eigenvalue weighted by molar-refractivity contribution is 7.11. The molecule has 11 heteroatoms. The van der Waals surface area contributed by atoms with E-state index in [9.17, 15) is 30.3 Å². The molecular weight excluding hydrogens is 535 g/mol. The lowest BCUT2D eigenvalue weighted by atomic mass is 9.19. The number of benzene rings is 4. The highest BCUT2D eigenvalue weighted by Gasteiger charge is 2.51. The number of quaternary nitrogens is 1. The molecule has 0 fully saturated rings. The molecule has 5 rings (SSSR count). The largest absolute Gasteiger partial charge is 0.508 e. The van der Waals surface area contributed by atoms with Crippen molar-refractivity contribution in [1.82, 2.24) is 0 Å². The van der Waals surface area contributed by atoms with Crippen molar-refractivity contribution in [1.29, 1.82) is 0 Å². The fourth-order valence-electron chi connectivity index (χ4n) is 6.64. The molecule has 0 N–H and O–H groups in total. The van der Waals surface area contributed by atoms with Gasteiger partial charge in [0.1, 0.15) is 0 Å². The van der Waals surface area contributed by atoms with Gasteiger partial charge in [-0.3, -0.25) is 30.3 Å². The Kier molecular flexibility index (Phi) is 7.21. The van der Waals surface area contributed by atoms with E-state index in [2.05, 4.69) is 26.2 Å². The molecule has 0 amide bonds. The van der Waals surface area contributed by atoms with Crippen molar-refractivity contribution in [3.05, 3.63) is 144 Å². The molecular formula is C31H29BN4O6. The second kappa shape index (κ2) is 10.7. The lowest BCUT2D eigenvalue weighted by Crippen LogP contribution is -2.79. The average Bonchev–Trinajstić information content (AvgIpc) is 2.97. The Labute approximate surface area is 242 Å². The van der Waals surface area contributed by atoms with Gasteiger partial charge in [-0.25, -0.2) is 0 Å². The number of non-ortho nitro benzene ring substituents is 3. The molecule has 1 aliphatic heterocycles. The maximum absolute atomic E-state index is 11.6. The van der Waals surface area contributed by atoms with Crippen LogP contribution in [0.3, 0.4) is 0 Å². The molecule has 4 aromatic carbocycles. The van der Waals surface area contributed by atoms with E-state index in [-0.39, 0.29) is 17.1 Å². The fraction of sp³-hybridized carbons (Fsp3) is 0.161. The lowest BCUT2D eigenvalue weighted by Gasteiger charge is -2.61. The van der Waals surface area contributed by atoms with Crippen molar-refractivity contribution in [3.8, 4) is 0 Å². The maximum Gasteiger partial charge on any atom is 0.291 e. The Morgan fingerprint density at radius 1 is 0.595 bits per heavy atom. The maximum atomic E-state index is 11.6. The summed E-state index contributed by atoms with van der Waals surface area (Å²) >= 11 is 0. The normalized spacial score (nSPS) is 15.7. The van der Waals surface area contributed by atoms with Gasteiger partial charge < -0.3 is 4.39 Å². The molecule has 212 valence electrons. The first-order valence-electron chi connectivity index (χ1n) is 13.5. The minimum atomic E-state index is -2.01. The van der Waals surface area contributed by atoms with Gasteiger partial charge >= 0.3 is 0 Å². The van der Waals surface area contributed by atoms with Gasteiger partial charge in [0.05, 0.1) is 14.8 Å². The second-order valence-corrected chi connectivity index (χ2v) is 11.3. The molecule has 0 atom stereocenters. The zero-order chi connectivity index (χ0) is 30.2. The number of rotatable bonds is 7. The molecule has 0 spiro atoms. The van der Waals surface area contributed by atoms with E-state index < -0.39 is 21.1 Å². The second-order valence-electron chi connectivity index (χ2n) is 11.3. The Morgan fingerprint density at radius 2 is 0.976 bits per heavy atom. The molecule has 10 nitrogen and oxygen atoms in total. The summed E-state index contributed by atoms with van der Waals surface area (Å²) in [6, 6.07) is 27.7. The minimum absolute atomic E-state index is 0.0374. The first kappa shape index (κ1) is 28.4. The van der Waals surface area contributed by atoms with Crippen LogP contribution >= 0.6 is 0 Å². The van der Waals surface area contributed by atoms with E-state index in [1.54, 1.807) is 36.4 Å². The van der Waals surface area contributed by atoms with Crippen LogP contribution in [0, 0.1) is 37.3 Å². The van der Waals surface area contributed by atoms with Crippen LogP contribution in [-0.2, 0) is 0 Å². The molecule has 4 aromatic rings. The molecule has 1 aliphatic rings. The summed E-state index contributed by atoms with van der Waals surface area (Å²) in [6.45, 7) is 2.71. The third-order valence-corrected chi connectivity index (χ3v) is 8.69. The van der Waals surface area contributed by atoms with E-state index >= 15 is 0 Å². The van der Waals surface area contributed by atoms with Crippen molar-refractivity contribution in [3.63, 3.8) is 0 Å². The van der Waals surface area contributed by atoms with E-state index in [1.165, 1.54) is 36.4 Å². The van der Waals surface area contributed by atoms with Crippen molar-refractivity contribution in [2.45, 2.75) is 13.3 Å². The molecule has 0 radical (unpaired) electrons. The molecule has 0 saturated carbocycles. The van der Waals surface area contributed by atoms with Crippen LogP contribution in [0.5, 0.6) is 0 Å². The van der Waals surface area contributed by atoms with Gasteiger partial charge in [0, 0.05) is 63.5 Å². The standard InChI is InChI=1S/C31H29BN4O6/c1-22-4-6-23(7-5-22)30-20-21-36(2,3)32(25-10-16-28(17-11-25)34(39)40,26-12-18-29(19-13-26)35(41)42)31(30)24-8-14-27(15-9-24)33(37)38/h4-19H,20-21H2,1-3H3. The fourth-order valence-corrected chi connectivity index (χ4v) is 6.64. The number of nitro groups is 3. The summed E-state index contributed by atoms with van der Waals surface area (Å²) in [5, 5.41) is 34.7. The summed E-state index contributed by atoms with van der Waals surface area (Å²) in [4.78, 5) is 33.4. The molecule has 42 heavy (non-hydrogen) atoms. The van der Waals surface area contributed by atoms with Crippen LogP contribution in [0.15, 0.2) is 97.1 Å². The third-order valence-electron chi connectivity index (χ3n) is 8.69. The van der Waals surface area contributed by atoms with Crippen LogP contribution < -0.4 is 10.9 Å². The van der Waals surface area contributed by atoms with Crippen molar-refractivity contribution in [2.75, 3.05) is 20.6 Å². The van der Waals surface area contributed by atoms with Gasteiger partial charge in [0.15, 0.2) is 0 Å². The quantitative estimate of drug-likeness (QED) is 0.168. The van der Waals surface area contributed by atoms with Crippen molar-refractivity contribution < 1.29 is 19.2 Å². The van der Waals surface area contributed by atoms with Crippen LogP contribution in [0.1, 0.15) is 23.1 Å². The third kappa shape index (κ3) is 4.73. The Bertz CT molecular complexity index is 1660. The molecule has 0 saturated heterocycles. The zero-order valence-electron chi connectivity index (χ0n) is 23.5. The van der Waals surface area contributed by atoms with Crippen LogP contribution in [0.4, 0.5) is 17.1 Å². The number of nitro benzene ring substituents is 3.